The maximum atomic E-state index is 13.1. The average Bonchev–Trinajstić information content (AvgIpc) is 3.57. The number of hydrogen-bond acceptors (Lipinski definition) is 4. The van der Waals surface area contributed by atoms with E-state index in [1.807, 2.05) is 30.3 Å². The molecule has 180 valence electrons. The third-order valence-corrected chi connectivity index (χ3v) is 8.44. The SMILES string of the molecule is O=C(CN1C(=O)[C@H]2[C@H](C1=O)[C@H]1C=C[C@H]2C1)N1CCN([C@H](c2ccccc2)c2ccc(Cl)cc2)CC1. The maximum Gasteiger partial charge on any atom is 0.242 e. The van der Waals surface area contributed by atoms with Crippen LogP contribution >= 0.6 is 11.6 Å². The van der Waals surface area contributed by atoms with Crippen LogP contribution in [0.1, 0.15) is 23.6 Å². The van der Waals surface area contributed by atoms with Gasteiger partial charge in [-0.2, -0.15) is 0 Å². The van der Waals surface area contributed by atoms with E-state index >= 15 is 0 Å². The highest BCUT2D eigenvalue weighted by Crippen LogP contribution is 2.52. The fourth-order valence-electron chi connectivity index (χ4n) is 6.48. The minimum absolute atomic E-state index is 0.0646. The first kappa shape index (κ1) is 22.5. The van der Waals surface area contributed by atoms with E-state index in [1.54, 1.807) is 4.90 Å². The van der Waals surface area contributed by atoms with Crippen LogP contribution in [-0.4, -0.2) is 65.1 Å². The van der Waals surface area contributed by atoms with Crippen LogP contribution in [0.15, 0.2) is 66.7 Å². The van der Waals surface area contributed by atoms with Crippen LogP contribution in [0.5, 0.6) is 0 Å². The lowest BCUT2D eigenvalue weighted by Gasteiger charge is -2.40. The van der Waals surface area contributed by atoms with E-state index in [1.165, 1.54) is 10.5 Å². The minimum Gasteiger partial charge on any atom is -0.339 e. The quantitative estimate of drug-likeness (QED) is 0.477. The number of imide groups is 1. The molecule has 2 aromatic carbocycles. The molecule has 0 unspecified atom stereocenters. The molecule has 0 aromatic heterocycles. The predicted octanol–water partition coefficient (Wildman–Crippen LogP) is 3.38. The summed E-state index contributed by atoms with van der Waals surface area (Å²) in [4.78, 5) is 44.5. The third kappa shape index (κ3) is 3.89. The maximum absolute atomic E-state index is 13.1. The molecular formula is C28H28ClN3O3. The highest BCUT2D eigenvalue weighted by molar-refractivity contribution is 6.30. The summed E-state index contributed by atoms with van der Waals surface area (Å²) in [6, 6.07) is 18.3. The second-order valence-electron chi connectivity index (χ2n) is 10.0. The van der Waals surface area contributed by atoms with Gasteiger partial charge in [0.05, 0.1) is 17.9 Å². The normalized spacial score (nSPS) is 28.6. The van der Waals surface area contributed by atoms with Gasteiger partial charge < -0.3 is 4.90 Å². The number of fused-ring (bicyclic) bond motifs is 5. The number of likely N-dealkylation sites (tertiary alicyclic amines) is 1. The second kappa shape index (κ2) is 8.92. The predicted molar refractivity (Wildman–Crippen MR) is 132 cm³/mol. The zero-order valence-corrected chi connectivity index (χ0v) is 20.2. The third-order valence-electron chi connectivity index (χ3n) is 8.19. The number of allylic oxidation sites excluding steroid dienone is 2. The standard InChI is InChI=1S/C28H28ClN3O3/c29-22-10-8-19(9-11-22)26(18-4-2-1-3-5-18)31-14-12-30(13-15-31)23(33)17-32-27(34)24-20-6-7-21(16-20)25(24)28(32)35/h1-11,20-21,24-26H,12-17H2/t20-,21-,24+,25+,26+/m0/s1. The van der Waals surface area contributed by atoms with E-state index in [4.69, 9.17) is 11.6 Å². The summed E-state index contributed by atoms with van der Waals surface area (Å²) >= 11 is 6.13. The summed E-state index contributed by atoms with van der Waals surface area (Å²) in [7, 11) is 0. The van der Waals surface area contributed by atoms with Crippen LogP contribution < -0.4 is 0 Å². The Balaban J connectivity index is 1.12. The Labute approximate surface area is 210 Å². The average molecular weight is 490 g/mol. The molecule has 3 amide bonds. The molecule has 0 N–H and O–H groups in total. The monoisotopic (exact) mass is 489 g/mol. The molecule has 35 heavy (non-hydrogen) atoms. The molecule has 2 bridgehead atoms. The number of piperazine rings is 1. The summed E-state index contributed by atoms with van der Waals surface area (Å²) in [6.45, 7) is 2.39. The van der Waals surface area contributed by atoms with Gasteiger partial charge >= 0.3 is 0 Å². The molecule has 4 aliphatic rings. The number of benzene rings is 2. The number of rotatable bonds is 5. The number of carbonyl (C=O) groups is 3. The van der Waals surface area contributed by atoms with Crippen molar-refractivity contribution in [3.63, 3.8) is 0 Å². The van der Waals surface area contributed by atoms with Crippen LogP contribution in [-0.2, 0) is 14.4 Å². The lowest BCUT2D eigenvalue weighted by atomic mass is 9.85. The Morgan fingerprint density at radius 2 is 1.40 bits per heavy atom. The zero-order valence-electron chi connectivity index (χ0n) is 19.4. The van der Waals surface area contributed by atoms with Gasteiger partial charge in [-0.15, -0.1) is 0 Å². The minimum atomic E-state index is -0.256. The summed E-state index contributed by atoms with van der Waals surface area (Å²) < 4.78 is 0. The first-order chi connectivity index (χ1) is 17.0. The summed E-state index contributed by atoms with van der Waals surface area (Å²) in [5, 5.41) is 0.704. The topological polar surface area (TPSA) is 60.9 Å². The summed E-state index contributed by atoms with van der Waals surface area (Å²) in [6.07, 6.45) is 5.05. The smallest absolute Gasteiger partial charge is 0.242 e. The Bertz CT molecular complexity index is 1140. The van der Waals surface area contributed by atoms with Gasteiger partial charge in [0.25, 0.3) is 0 Å². The Morgan fingerprint density at radius 3 is 2.00 bits per heavy atom. The molecule has 6 rings (SSSR count). The van der Waals surface area contributed by atoms with Gasteiger partial charge in [0.1, 0.15) is 6.54 Å². The fraction of sp³-hybridized carbons (Fsp3) is 0.393. The van der Waals surface area contributed by atoms with Crippen molar-refractivity contribution < 1.29 is 14.4 Å². The lowest BCUT2D eigenvalue weighted by Crippen LogP contribution is -2.52. The molecule has 2 saturated heterocycles. The fourth-order valence-corrected chi connectivity index (χ4v) is 6.61. The molecule has 7 heteroatoms. The van der Waals surface area contributed by atoms with Gasteiger partial charge in [-0.3, -0.25) is 24.2 Å². The lowest BCUT2D eigenvalue weighted by molar-refractivity contribution is -0.147. The van der Waals surface area contributed by atoms with Crippen LogP contribution in [0.3, 0.4) is 0 Å². The molecule has 2 aliphatic heterocycles. The molecule has 1 saturated carbocycles. The Hall–Kier alpha value is -2.96. The number of carbonyl (C=O) groups excluding carboxylic acids is 3. The van der Waals surface area contributed by atoms with Crippen molar-refractivity contribution in [1.82, 2.24) is 14.7 Å². The Kier molecular flexibility index (Phi) is 5.73. The van der Waals surface area contributed by atoms with Crippen molar-refractivity contribution in [2.24, 2.45) is 23.7 Å². The molecule has 5 atom stereocenters. The molecule has 0 spiro atoms. The van der Waals surface area contributed by atoms with E-state index in [0.29, 0.717) is 31.2 Å². The molecule has 2 aromatic rings. The summed E-state index contributed by atoms with van der Waals surface area (Å²) in [5.74, 6) is -0.650. The van der Waals surface area contributed by atoms with Crippen LogP contribution in [0.4, 0.5) is 0 Å². The van der Waals surface area contributed by atoms with Crippen molar-refractivity contribution in [3.8, 4) is 0 Å². The molecule has 3 fully saturated rings. The first-order valence-corrected chi connectivity index (χ1v) is 12.7. The van der Waals surface area contributed by atoms with Gasteiger partial charge in [-0.05, 0) is 41.5 Å². The van der Waals surface area contributed by atoms with Gasteiger partial charge in [-0.1, -0.05) is 66.2 Å². The van der Waals surface area contributed by atoms with Crippen LogP contribution in [0, 0.1) is 23.7 Å². The summed E-state index contributed by atoms with van der Waals surface area (Å²) in [5.41, 5.74) is 2.35. The van der Waals surface area contributed by atoms with Crippen molar-refractivity contribution in [2.75, 3.05) is 32.7 Å². The van der Waals surface area contributed by atoms with Crippen LogP contribution in [0.2, 0.25) is 5.02 Å². The van der Waals surface area contributed by atoms with Crippen molar-refractivity contribution >= 4 is 29.3 Å². The zero-order chi connectivity index (χ0) is 24.1. The molecule has 6 nitrogen and oxygen atoms in total. The van der Waals surface area contributed by atoms with Gasteiger partial charge in [0, 0.05) is 31.2 Å². The van der Waals surface area contributed by atoms with E-state index in [9.17, 15) is 14.4 Å². The van der Waals surface area contributed by atoms with E-state index in [0.717, 1.165) is 12.0 Å². The van der Waals surface area contributed by atoms with Crippen LogP contribution in [0.25, 0.3) is 0 Å². The van der Waals surface area contributed by atoms with E-state index in [-0.39, 0.29) is 54.0 Å². The number of nitrogens with zero attached hydrogens (tertiary/aromatic N) is 3. The second-order valence-corrected chi connectivity index (χ2v) is 10.5. The Morgan fingerprint density at radius 1 is 0.829 bits per heavy atom. The molecular weight excluding hydrogens is 462 g/mol. The van der Waals surface area contributed by atoms with Crippen molar-refractivity contribution in [3.05, 3.63) is 82.9 Å². The number of amides is 3. The molecule has 2 aliphatic carbocycles. The van der Waals surface area contributed by atoms with Gasteiger partial charge in [-0.25, -0.2) is 0 Å². The van der Waals surface area contributed by atoms with Gasteiger partial charge in [0.15, 0.2) is 0 Å². The number of hydrogen-bond donors (Lipinski definition) is 0. The largest absolute Gasteiger partial charge is 0.339 e. The van der Waals surface area contributed by atoms with Gasteiger partial charge in [0.2, 0.25) is 17.7 Å². The van der Waals surface area contributed by atoms with E-state index in [2.05, 4.69) is 41.3 Å². The molecule has 0 radical (unpaired) electrons. The van der Waals surface area contributed by atoms with Crippen molar-refractivity contribution in [1.29, 1.82) is 0 Å². The highest BCUT2D eigenvalue weighted by Gasteiger charge is 2.59. The molecule has 2 heterocycles. The first-order valence-electron chi connectivity index (χ1n) is 12.4. The number of halogens is 1. The van der Waals surface area contributed by atoms with E-state index < -0.39 is 0 Å². The highest BCUT2D eigenvalue weighted by atomic mass is 35.5. The van der Waals surface area contributed by atoms with Crippen molar-refractivity contribution in [2.45, 2.75) is 12.5 Å².